The smallest absolute Gasteiger partial charge is 0.238 e. The van der Waals surface area contributed by atoms with Crippen LogP contribution < -0.4 is 19.5 Å². The van der Waals surface area contributed by atoms with Crippen molar-refractivity contribution < 1.29 is 19.0 Å². The van der Waals surface area contributed by atoms with Crippen LogP contribution in [0.1, 0.15) is 12.0 Å². The van der Waals surface area contributed by atoms with Gasteiger partial charge in [-0.3, -0.25) is 14.4 Å². The summed E-state index contributed by atoms with van der Waals surface area (Å²) >= 11 is 0. The molecule has 1 aromatic heterocycles. The highest BCUT2D eigenvalue weighted by molar-refractivity contribution is 5.93. The van der Waals surface area contributed by atoms with E-state index >= 15 is 0 Å². The van der Waals surface area contributed by atoms with Gasteiger partial charge in [0.25, 0.3) is 0 Å². The first-order valence-electron chi connectivity index (χ1n) is 9.04. The largest absolute Gasteiger partial charge is 0.493 e. The molecule has 8 nitrogen and oxygen atoms in total. The molecule has 0 radical (unpaired) electrons. The molecule has 2 aromatic rings. The van der Waals surface area contributed by atoms with Crippen molar-refractivity contribution in [1.29, 1.82) is 0 Å². The number of aryl methyl sites for hydroxylation is 1. The highest BCUT2D eigenvalue weighted by atomic mass is 16.5. The van der Waals surface area contributed by atoms with E-state index in [0.29, 0.717) is 29.5 Å². The van der Waals surface area contributed by atoms with Gasteiger partial charge in [0, 0.05) is 49.7 Å². The Kier molecular flexibility index (Phi) is 6.20. The molecule has 3 rings (SSSR count). The Labute approximate surface area is 164 Å². The van der Waals surface area contributed by atoms with Crippen LogP contribution in [0.15, 0.2) is 30.6 Å². The fourth-order valence-electron chi connectivity index (χ4n) is 3.26. The Morgan fingerprint density at radius 2 is 1.89 bits per heavy atom. The van der Waals surface area contributed by atoms with Gasteiger partial charge in [0.05, 0.1) is 34.1 Å². The number of rotatable bonds is 7. The second kappa shape index (κ2) is 8.79. The Hall–Kier alpha value is -3.00. The van der Waals surface area contributed by atoms with Gasteiger partial charge in [0.15, 0.2) is 11.5 Å². The number of hydrogen-bond acceptors (Lipinski definition) is 6. The van der Waals surface area contributed by atoms with E-state index in [1.807, 2.05) is 19.4 Å². The van der Waals surface area contributed by atoms with Gasteiger partial charge in [-0.25, -0.2) is 0 Å². The molecule has 0 aliphatic carbocycles. The molecule has 0 saturated heterocycles. The van der Waals surface area contributed by atoms with Crippen LogP contribution in [0.4, 0.5) is 5.69 Å². The molecule has 2 heterocycles. The maximum Gasteiger partial charge on any atom is 0.238 e. The van der Waals surface area contributed by atoms with Gasteiger partial charge in [0.2, 0.25) is 11.7 Å². The van der Waals surface area contributed by atoms with E-state index in [9.17, 15) is 4.79 Å². The van der Waals surface area contributed by atoms with Gasteiger partial charge < -0.3 is 19.5 Å². The van der Waals surface area contributed by atoms with Crippen molar-refractivity contribution in [2.75, 3.05) is 46.3 Å². The van der Waals surface area contributed by atoms with Crippen molar-refractivity contribution in [3.63, 3.8) is 0 Å². The molecule has 8 heteroatoms. The van der Waals surface area contributed by atoms with Crippen molar-refractivity contribution in [1.82, 2.24) is 14.7 Å². The van der Waals surface area contributed by atoms with Crippen LogP contribution in [0.25, 0.3) is 5.57 Å². The first kappa shape index (κ1) is 19.8. The average molecular weight is 386 g/mol. The highest BCUT2D eigenvalue weighted by Gasteiger charge is 2.18. The summed E-state index contributed by atoms with van der Waals surface area (Å²) in [7, 11) is 6.54. The third kappa shape index (κ3) is 4.45. The van der Waals surface area contributed by atoms with Crippen LogP contribution >= 0.6 is 0 Å². The predicted octanol–water partition coefficient (Wildman–Crippen LogP) is 2.17. The standard InChI is InChI=1S/C20H26N4O4/c1-23-12-15(11-21-23)14-5-7-24(8-6-14)13-19(25)22-16-9-17(26-2)20(28-4)18(10-16)27-3/h5,9-12H,6-8,13H2,1-4H3,(H,22,25). The fourth-order valence-corrected chi connectivity index (χ4v) is 3.26. The zero-order chi connectivity index (χ0) is 20.1. The summed E-state index contributed by atoms with van der Waals surface area (Å²) < 4.78 is 17.8. The second-order valence-corrected chi connectivity index (χ2v) is 6.58. The van der Waals surface area contributed by atoms with Crippen LogP contribution in [-0.4, -0.2) is 61.6 Å². The van der Waals surface area contributed by atoms with Crippen LogP contribution in [0, 0.1) is 0 Å². The molecule has 0 atom stereocenters. The second-order valence-electron chi connectivity index (χ2n) is 6.58. The number of benzene rings is 1. The van der Waals surface area contributed by atoms with Crippen molar-refractivity contribution in [2.24, 2.45) is 7.05 Å². The lowest BCUT2D eigenvalue weighted by molar-refractivity contribution is -0.117. The topological polar surface area (TPSA) is 77.9 Å². The Morgan fingerprint density at radius 3 is 2.39 bits per heavy atom. The minimum absolute atomic E-state index is 0.0903. The Balaban J connectivity index is 1.61. The average Bonchev–Trinajstić information content (AvgIpc) is 3.13. The summed E-state index contributed by atoms with van der Waals surface area (Å²) in [5.74, 6) is 1.40. The molecule has 1 aliphatic rings. The zero-order valence-electron chi connectivity index (χ0n) is 16.7. The Morgan fingerprint density at radius 1 is 1.18 bits per heavy atom. The molecule has 0 fully saturated rings. The Bertz CT molecular complexity index is 850. The highest BCUT2D eigenvalue weighted by Crippen LogP contribution is 2.39. The quantitative estimate of drug-likeness (QED) is 0.786. The van der Waals surface area contributed by atoms with Crippen molar-refractivity contribution in [2.45, 2.75) is 6.42 Å². The molecule has 1 N–H and O–H groups in total. The number of anilines is 1. The molecule has 0 bridgehead atoms. The number of nitrogens with zero attached hydrogens (tertiary/aromatic N) is 3. The molecular weight excluding hydrogens is 360 g/mol. The molecule has 0 spiro atoms. The summed E-state index contributed by atoms with van der Waals surface area (Å²) in [5.41, 5.74) is 3.02. The van der Waals surface area contributed by atoms with E-state index in [1.54, 1.807) is 38.1 Å². The lowest BCUT2D eigenvalue weighted by atomic mass is 10.0. The molecule has 150 valence electrons. The fraction of sp³-hybridized carbons (Fsp3) is 0.400. The lowest BCUT2D eigenvalue weighted by Crippen LogP contribution is -2.36. The summed E-state index contributed by atoms with van der Waals surface area (Å²) in [5, 5.41) is 7.12. The van der Waals surface area contributed by atoms with Gasteiger partial charge in [-0.15, -0.1) is 0 Å². The van der Waals surface area contributed by atoms with Crippen molar-refractivity contribution >= 4 is 17.2 Å². The summed E-state index contributed by atoms with van der Waals surface area (Å²) in [4.78, 5) is 14.6. The third-order valence-electron chi connectivity index (χ3n) is 4.68. The number of hydrogen-bond donors (Lipinski definition) is 1. The van der Waals surface area contributed by atoms with E-state index in [-0.39, 0.29) is 5.91 Å². The number of ether oxygens (including phenoxy) is 3. The van der Waals surface area contributed by atoms with Crippen LogP contribution in [0.5, 0.6) is 17.2 Å². The van der Waals surface area contributed by atoms with Gasteiger partial charge >= 0.3 is 0 Å². The first-order chi connectivity index (χ1) is 13.5. The molecule has 1 aromatic carbocycles. The van der Waals surface area contributed by atoms with Crippen LogP contribution in [0.3, 0.4) is 0 Å². The van der Waals surface area contributed by atoms with Gasteiger partial charge in [0.1, 0.15) is 0 Å². The molecule has 1 amide bonds. The summed E-state index contributed by atoms with van der Waals surface area (Å²) in [6, 6.07) is 3.44. The third-order valence-corrected chi connectivity index (χ3v) is 4.68. The first-order valence-corrected chi connectivity index (χ1v) is 9.04. The summed E-state index contributed by atoms with van der Waals surface area (Å²) in [6.07, 6.45) is 6.94. The lowest BCUT2D eigenvalue weighted by Gasteiger charge is -2.25. The van der Waals surface area contributed by atoms with Gasteiger partial charge in [-0.1, -0.05) is 6.08 Å². The summed E-state index contributed by atoms with van der Waals surface area (Å²) in [6.45, 7) is 1.86. The normalized spacial score (nSPS) is 14.4. The van der Waals surface area contributed by atoms with Gasteiger partial charge in [-0.2, -0.15) is 5.10 Å². The number of carbonyl (C=O) groups excluding carboxylic acids is 1. The minimum atomic E-state index is -0.0903. The monoisotopic (exact) mass is 386 g/mol. The van der Waals surface area contributed by atoms with Crippen molar-refractivity contribution in [3.8, 4) is 17.2 Å². The SMILES string of the molecule is COc1cc(NC(=O)CN2CC=C(c3cnn(C)c3)CC2)cc(OC)c1OC. The maximum atomic E-state index is 12.5. The van der Waals surface area contributed by atoms with E-state index in [0.717, 1.165) is 25.1 Å². The molecule has 28 heavy (non-hydrogen) atoms. The van der Waals surface area contributed by atoms with Crippen LogP contribution in [-0.2, 0) is 11.8 Å². The van der Waals surface area contributed by atoms with E-state index in [1.165, 1.54) is 5.57 Å². The number of amides is 1. The minimum Gasteiger partial charge on any atom is -0.493 e. The zero-order valence-corrected chi connectivity index (χ0v) is 16.7. The predicted molar refractivity (Wildman–Crippen MR) is 107 cm³/mol. The molecule has 0 unspecified atom stereocenters. The van der Waals surface area contributed by atoms with E-state index in [2.05, 4.69) is 21.4 Å². The number of aromatic nitrogens is 2. The number of carbonyl (C=O) groups is 1. The van der Waals surface area contributed by atoms with Crippen molar-refractivity contribution in [3.05, 3.63) is 36.2 Å². The van der Waals surface area contributed by atoms with E-state index < -0.39 is 0 Å². The number of methoxy groups -OCH3 is 3. The van der Waals surface area contributed by atoms with Gasteiger partial charge in [-0.05, 0) is 12.0 Å². The molecule has 0 saturated carbocycles. The maximum absolute atomic E-state index is 12.5. The number of nitrogens with one attached hydrogen (secondary N) is 1. The molecular formula is C20H26N4O4. The van der Waals surface area contributed by atoms with E-state index in [4.69, 9.17) is 14.2 Å². The van der Waals surface area contributed by atoms with Crippen LogP contribution in [0.2, 0.25) is 0 Å². The molecule has 1 aliphatic heterocycles.